The number of aromatic nitrogens is 2. The Kier molecular flexibility index (Phi) is 3.45. The van der Waals surface area contributed by atoms with E-state index in [0.29, 0.717) is 29.7 Å². The number of carbonyl (C=O) groups is 1. The van der Waals surface area contributed by atoms with Gasteiger partial charge in [-0.15, -0.1) is 0 Å². The first-order valence-corrected chi connectivity index (χ1v) is 6.80. The third kappa shape index (κ3) is 2.79. The van der Waals surface area contributed by atoms with Crippen molar-refractivity contribution in [2.45, 2.75) is 32.2 Å². The van der Waals surface area contributed by atoms with Crippen molar-refractivity contribution in [3.8, 4) is 0 Å². The standard InChI is InChI=1S/C15H15F2N3O/c1-8-18-7-10(19-8)6-15(21)20-14-3-2-11-12(14)4-9(16)5-13(11)17/h4-5,7,14H,2-3,6H2,1H3,(H,18,19)(H,20,21). The smallest absolute Gasteiger partial charge is 0.226 e. The van der Waals surface area contributed by atoms with E-state index in [-0.39, 0.29) is 18.4 Å². The van der Waals surface area contributed by atoms with Crippen molar-refractivity contribution >= 4 is 5.91 Å². The lowest BCUT2D eigenvalue weighted by Gasteiger charge is -2.14. The zero-order valence-electron chi connectivity index (χ0n) is 11.5. The molecular formula is C15H15F2N3O. The van der Waals surface area contributed by atoms with Crippen LogP contribution in [0.15, 0.2) is 18.3 Å². The van der Waals surface area contributed by atoms with Crippen molar-refractivity contribution in [3.63, 3.8) is 0 Å². The summed E-state index contributed by atoms with van der Waals surface area (Å²) >= 11 is 0. The fourth-order valence-electron chi connectivity index (χ4n) is 2.77. The average molecular weight is 291 g/mol. The van der Waals surface area contributed by atoms with E-state index in [2.05, 4.69) is 15.3 Å². The van der Waals surface area contributed by atoms with Crippen LogP contribution >= 0.6 is 0 Å². The van der Waals surface area contributed by atoms with Crippen molar-refractivity contribution in [1.29, 1.82) is 0 Å². The molecule has 21 heavy (non-hydrogen) atoms. The van der Waals surface area contributed by atoms with E-state index in [9.17, 15) is 13.6 Å². The number of aryl methyl sites for hydroxylation is 1. The van der Waals surface area contributed by atoms with Crippen LogP contribution in [0.2, 0.25) is 0 Å². The quantitative estimate of drug-likeness (QED) is 0.912. The summed E-state index contributed by atoms with van der Waals surface area (Å²) in [6, 6.07) is 1.86. The highest BCUT2D eigenvalue weighted by atomic mass is 19.1. The van der Waals surface area contributed by atoms with Crippen LogP contribution < -0.4 is 5.32 Å². The van der Waals surface area contributed by atoms with Crippen molar-refractivity contribution in [1.82, 2.24) is 15.3 Å². The van der Waals surface area contributed by atoms with Crippen molar-refractivity contribution < 1.29 is 13.6 Å². The number of carbonyl (C=O) groups excluding carboxylic acids is 1. The summed E-state index contributed by atoms with van der Waals surface area (Å²) in [6.45, 7) is 1.81. The van der Waals surface area contributed by atoms with Gasteiger partial charge in [0.25, 0.3) is 0 Å². The van der Waals surface area contributed by atoms with Gasteiger partial charge in [-0.25, -0.2) is 13.8 Å². The molecular weight excluding hydrogens is 276 g/mol. The number of aromatic amines is 1. The van der Waals surface area contributed by atoms with Crippen LogP contribution in [-0.4, -0.2) is 15.9 Å². The third-order valence-electron chi connectivity index (χ3n) is 3.69. The Morgan fingerprint density at radius 3 is 3.00 bits per heavy atom. The van der Waals surface area contributed by atoms with Crippen LogP contribution in [0.25, 0.3) is 0 Å². The number of amides is 1. The molecule has 1 aliphatic rings. The summed E-state index contributed by atoms with van der Waals surface area (Å²) in [6.07, 6.45) is 2.88. The van der Waals surface area contributed by atoms with E-state index in [4.69, 9.17) is 0 Å². The van der Waals surface area contributed by atoms with Crippen molar-refractivity contribution in [2.24, 2.45) is 0 Å². The number of H-pyrrole nitrogens is 1. The van der Waals surface area contributed by atoms with Gasteiger partial charge in [-0.3, -0.25) is 4.79 Å². The molecule has 0 spiro atoms. The fourth-order valence-corrected chi connectivity index (χ4v) is 2.77. The zero-order valence-corrected chi connectivity index (χ0v) is 11.5. The molecule has 0 saturated carbocycles. The highest BCUT2D eigenvalue weighted by Gasteiger charge is 2.27. The van der Waals surface area contributed by atoms with Gasteiger partial charge in [0.15, 0.2) is 0 Å². The van der Waals surface area contributed by atoms with Crippen LogP contribution in [0, 0.1) is 18.6 Å². The maximum Gasteiger partial charge on any atom is 0.226 e. The van der Waals surface area contributed by atoms with Crippen LogP contribution in [-0.2, 0) is 17.6 Å². The Hall–Kier alpha value is -2.24. The number of hydrogen-bond acceptors (Lipinski definition) is 2. The third-order valence-corrected chi connectivity index (χ3v) is 3.69. The van der Waals surface area contributed by atoms with E-state index in [1.165, 1.54) is 6.07 Å². The lowest BCUT2D eigenvalue weighted by atomic mass is 10.1. The van der Waals surface area contributed by atoms with E-state index in [1.807, 2.05) is 0 Å². The molecule has 0 radical (unpaired) electrons. The van der Waals surface area contributed by atoms with Gasteiger partial charge in [0.05, 0.1) is 12.5 Å². The fraction of sp³-hybridized carbons (Fsp3) is 0.333. The Morgan fingerprint density at radius 1 is 1.48 bits per heavy atom. The first kappa shape index (κ1) is 13.7. The lowest BCUT2D eigenvalue weighted by molar-refractivity contribution is -0.121. The molecule has 1 unspecified atom stereocenters. The van der Waals surface area contributed by atoms with Gasteiger partial charge in [-0.05, 0) is 37.0 Å². The van der Waals surface area contributed by atoms with Gasteiger partial charge in [0.1, 0.15) is 17.5 Å². The van der Waals surface area contributed by atoms with Gasteiger partial charge >= 0.3 is 0 Å². The SMILES string of the molecule is Cc1ncc(CC(=O)NC2CCc3c(F)cc(F)cc32)[nH]1. The molecule has 0 bridgehead atoms. The molecule has 1 amide bonds. The van der Waals surface area contributed by atoms with E-state index in [1.54, 1.807) is 13.1 Å². The molecule has 0 fully saturated rings. The first-order valence-electron chi connectivity index (χ1n) is 6.80. The minimum absolute atomic E-state index is 0.171. The van der Waals surface area contributed by atoms with Gasteiger partial charge in [-0.1, -0.05) is 0 Å². The molecule has 3 rings (SSSR count). The number of halogens is 2. The van der Waals surface area contributed by atoms with Crippen LogP contribution in [0.5, 0.6) is 0 Å². The molecule has 0 aliphatic heterocycles. The van der Waals surface area contributed by atoms with Crippen molar-refractivity contribution in [2.75, 3.05) is 0 Å². The number of benzene rings is 1. The molecule has 1 heterocycles. The van der Waals surface area contributed by atoms with Crippen LogP contribution in [0.1, 0.15) is 35.1 Å². The second kappa shape index (κ2) is 5.27. The Labute approximate surface area is 120 Å². The van der Waals surface area contributed by atoms with Gasteiger partial charge in [-0.2, -0.15) is 0 Å². The monoisotopic (exact) mass is 291 g/mol. The minimum Gasteiger partial charge on any atom is -0.349 e. The molecule has 110 valence electrons. The first-order chi connectivity index (χ1) is 10.0. The summed E-state index contributed by atoms with van der Waals surface area (Å²) in [7, 11) is 0. The Balaban J connectivity index is 1.72. The minimum atomic E-state index is -0.614. The number of imidazole rings is 1. The molecule has 2 aromatic rings. The summed E-state index contributed by atoms with van der Waals surface area (Å²) < 4.78 is 27.0. The van der Waals surface area contributed by atoms with Crippen LogP contribution in [0.4, 0.5) is 8.78 Å². The Morgan fingerprint density at radius 2 is 2.29 bits per heavy atom. The predicted molar refractivity (Wildman–Crippen MR) is 72.6 cm³/mol. The summed E-state index contributed by atoms with van der Waals surface area (Å²) in [5.74, 6) is -0.600. The summed E-state index contributed by atoms with van der Waals surface area (Å²) in [4.78, 5) is 19.0. The normalized spacial score (nSPS) is 16.8. The van der Waals surface area contributed by atoms with Gasteiger partial charge < -0.3 is 10.3 Å². The second-order valence-electron chi connectivity index (χ2n) is 5.28. The molecule has 4 nitrogen and oxygen atoms in total. The summed E-state index contributed by atoms with van der Waals surface area (Å²) in [5, 5.41) is 2.83. The van der Waals surface area contributed by atoms with E-state index in [0.717, 1.165) is 11.9 Å². The average Bonchev–Trinajstić information content (AvgIpc) is 2.97. The molecule has 1 aromatic carbocycles. The largest absolute Gasteiger partial charge is 0.349 e. The number of nitrogens with one attached hydrogen (secondary N) is 2. The van der Waals surface area contributed by atoms with Gasteiger partial charge in [0.2, 0.25) is 5.91 Å². The predicted octanol–water partition coefficient (Wildman–Crippen LogP) is 2.34. The van der Waals surface area contributed by atoms with Gasteiger partial charge in [0, 0.05) is 18.0 Å². The van der Waals surface area contributed by atoms with Crippen LogP contribution in [0.3, 0.4) is 0 Å². The molecule has 0 saturated heterocycles. The molecule has 6 heteroatoms. The Bertz CT molecular complexity index is 696. The maximum absolute atomic E-state index is 13.6. The number of fused-ring (bicyclic) bond motifs is 1. The van der Waals surface area contributed by atoms with E-state index >= 15 is 0 Å². The molecule has 1 aromatic heterocycles. The number of hydrogen-bond donors (Lipinski definition) is 2. The number of rotatable bonds is 3. The lowest BCUT2D eigenvalue weighted by Crippen LogP contribution is -2.28. The second-order valence-corrected chi connectivity index (χ2v) is 5.28. The van der Waals surface area contributed by atoms with E-state index < -0.39 is 11.6 Å². The maximum atomic E-state index is 13.6. The highest BCUT2D eigenvalue weighted by Crippen LogP contribution is 2.33. The highest BCUT2D eigenvalue weighted by molar-refractivity contribution is 5.78. The molecule has 1 aliphatic carbocycles. The summed E-state index contributed by atoms with van der Waals surface area (Å²) in [5.41, 5.74) is 1.76. The number of nitrogens with zero attached hydrogens (tertiary/aromatic N) is 1. The van der Waals surface area contributed by atoms with Crippen molar-refractivity contribution in [3.05, 3.63) is 52.6 Å². The molecule has 2 N–H and O–H groups in total. The topological polar surface area (TPSA) is 57.8 Å². The zero-order chi connectivity index (χ0) is 15.0. The molecule has 1 atom stereocenters.